The Hall–Kier alpha value is -4.00. The van der Waals surface area contributed by atoms with Gasteiger partial charge in [0.1, 0.15) is 17.3 Å². The minimum absolute atomic E-state index is 0.0713. The molecule has 1 aromatic heterocycles. The molecule has 1 unspecified atom stereocenters. The zero-order chi connectivity index (χ0) is 26.6. The first-order chi connectivity index (χ1) is 18.5. The van der Waals surface area contributed by atoms with Crippen molar-refractivity contribution in [3.8, 4) is 11.5 Å². The van der Waals surface area contributed by atoms with Gasteiger partial charge in [-0.25, -0.2) is 4.39 Å². The summed E-state index contributed by atoms with van der Waals surface area (Å²) < 4.78 is 25.5. The van der Waals surface area contributed by atoms with Crippen LogP contribution in [0.25, 0.3) is 10.9 Å². The number of benzene rings is 3. The summed E-state index contributed by atoms with van der Waals surface area (Å²) in [6.45, 7) is 4.43. The number of halogens is 1. The topological polar surface area (TPSA) is 57.8 Å². The summed E-state index contributed by atoms with van der Waals surface area (Å²) in [6, 6.07) is 18.9. The molecular formula is C31H34FN3O3. The van der Waals surface area contributed by atoms with Crippen molar-refractivity contribution in [2.24, 2.45) is 0 Å². The van der Waals surface area contributed by atoms with E-state index in [2.05, 4.69) is 30.1 Å². The van der Waals surface area contributed by atoms with Gasteiger partial charge in [-0.05, 0) is 35.7 Å². The Morgan fingerprint density at radius 3 is 2.47 bits per heavy atom. The number of H-pyrrole nitrogens is 1. The van der Waals surface area contributed by atoms with E-state index >= 15 is 0 Å². The average Bonchev–Trinajstić information content (AvgIpc) is 3.40. The molecule has 0 bridgehead atoms. The number of aryl methyl sites for hydroxylation is 1. The monoisotopic (exact) mass is 515 g/mol. The number of rotatable bonds is 8. The number of fused-ring (bicyclic) bond motifs is 1. The molecule has 1 aliphatic heterocycles. The predicted octanol–water partition coefficient (Wildman–Crippen LogP) is 5.76. The van der Waals surface area contributed by atoms with E-state index in [-0.39, 0.29) is 17.6 Å². The first kappa shape index (κ1) is 25.6. The van der Waals surface area contributed by atoms with Crippen molar-refractivity contribution in [1.82, 2.24) is 9.88 Å². The molecule has 198 valence electrons. The van der Waals surface area contributed by atoms with Gasteiger partial charge in [0.15, 0.2) is 0 Å². The van der Waals surface area contributed by atoms with E-state index in [9.17, 15) is 9.18 Å². The van der Waals surface area contributed by atoms with Crippen molar-refractivity contribution >= 4 is 22.5 Å². The van der Waals surface area contributed by atoms with Crippen LogP contribution in [0, 0.1) is 5.82 Å². The molecule has 7 heteroatoms. The van der Waals surface area contributed by atoms with Crippen LogP contribution in [0.4, 0.5) is 10.1 Å². The molecule has 0 radical (unpaired) electrons. The third-order valence-electron chi connectivity index (χ3n) is 7.61. The average molecular weight is 516 g/mol. The molecule has 6 nitrogen and oxygen atoms in total. The number of anilines is 1. The highest BCUT2D eigenvalue weighted by atomic mass is 19.1. The number of hydrogen-bond donors (Lipinski definition) is 1. The second-order valence-electron chi connectivity index (χ2n) is 9.62. The molecule has 3 aromatic carbocycles. The number of para-hydroxylation sites is 2. The van der Waals surface area contributed by atoms with Crippen LogP contribution in [0.15, 0.2) is 66.9 Å². The molecule has 0 spiro atoms. The highest BCUT2D eigenvalue weighted by Crippen LogP contribution is 2.40. The normalized spacial score (nSPS) is 14.5. The Morgan fingerprint density at radius 1 is 0.974 bits per heavy atom. The Bertz CT molecular complexity index is 1430. The fraction of sp³-hybridized carbons (Fsp3) is 0.323. The van der Waals surface area contributed by atoms with Crippen LogP contribution in [-0.4, -0.2) is 56.2 Å². The molecule has 1 aliphatic rings. The maximum atomic E-state index is 14.3. The van der Waals surface area contributed by atoms with Gasteiger partial charge in [-0.1, -0.05) is 43.3 Å². The number of carbonyl (C=O) groups is 1. The standard InChI is InChI=1S/C31H34FN3O3/c1-4-21-8-7-9-24-26(20-33-31(21)24)25(23-13-12-22(37-2)18-29(23)38-3)19-30(36)35-16-14-34(15-17-35)28-11-6-5-10-27(28)32/h5-13,18,20,25,33H,4,14-17,19H2,1-3H3. The lowest BCUT2D eigenvalue weighted by Gasteiger charge is -2.37. The number of piperazine rings is 1. The van der Waals surface area contributed by atoms with Crippen LogP contribution in [-0.2, 0) is 11.2 Å². The second kappa shape index (κ2) is 11.2. The molecule has 0 saturated carbocycles. The summed E-state index contributed by atoms with van der Waals surface area (Å²) in [6.07, 6.45) is 3.24. The molecule has 1 atom stereocenters. The van der Waals surface area contributed by atoms with E-state index in [4.69, 9.17) is 9.47 Å². The van der Waals surface area contributed by atoms with E-state index in [0.29, 0.717) is 49.8 Å². The molecular weight excluding hydrogens is 481 g/mol. The number of nitrogens with one attached hydrogen (secondary N) is 1. The minimum Gasteiger partial charge on any atom is -0.497 e. The van der Waals surface area contributed by atoms with E-state index in [1.54, 1.807) is 26.4 Å². The van der Waals surface area contributed by atoms with Gasteiger partial charge in [0.05, 0.1) is 19.9 Å². The van der Waals surface area contributed by atoms with Crippen molar-refractivity contribution in [3.63, 3.8) is 0 Å². The number of methoxy groups -OCH3 is 2. The van der Waals surface area contributed by atoms with E-state index in [1.807, 2.05) is 40.3 Å². The first-order valence-electron chi connectivity index (χ1n) is 13.1. The van der Waals surface area contributed by atoms with Gasteiger partial charge in [0, 0.05) is 67.2 Å². The first-order valence-corrected chi connectivity index (χ1v) is 13.1. The van der Waals surface area contributed by atoms with Crippen LogP contribution in [0.2, 0.25) is 0 Å². The molecule has 5 rings (SSSR count). The molecule has 4 aromatic rings. The fourth-order valence-electron chi connectivity index (χ4n) is 5.52. The van der Waals surface area contributed by atoms with Gasteiger partial charge in [-0.15, -0.1) is 0 Å². The maximum Gasteiger partial charge on any atom is 0.223 e. The van der Waals surface area contributed by atoms with Gasteiger partial charge in [-0.2, -0.15) is 0 Å². The van der Waals surface area contributed by atoms with Crippen LogP contribution < -0.4 is 14.4 Å². The lowest BCUT2D eigenvalue weighted by atomic mass is 9.86. The van der Waals surface area contributed by atoms with Gasteiger partial charge in [-0.3, -0.25) is 4.79 Å². The number of hydrogen-bond acceptors (Lipinski definition) is 4. The Morgan fingerprint density at radius 2 is 1.76 bits per heavy atom. The van der Waals surface area contributed by atoms with E-state index in [1.165, 1.54) is 11.6 Å². The molecule has 1 saturated heterocycles. The van der Waals surface area contributed by atoms with Gasteiger partial charge in [0.2, 0.25) is 5.91 Å². The number of aromatic amines is 1. The minimum atomic E-state index is -0.232. The van der Waals surface area contributed by atoms with Gasteiger partial charge in [0.25, 0.3) is 0 Å². The lowest BCUT2D eigenvalue weighted by molar-refractivity contribution is -0.131. The zero-order valence-electron chi connectivity index (χ0n) is 22.2. The summed E-state index contributed by atoms with van der Waals surface area (Å²) in [5.74, 6) is 1.01. The number of nitrogens with zero attached hydrogens (tertiary/aromatic N) is 2. The van der Waals surface area contributed by atoms with Crippen molar-refractivity contribution in [1.29, 1.82) is 0 Å². The van der Waals surface area contributed by atoms with Crippen LogP contribution in [0.3, 0.4) is 0 Å². The van der Waals surface area contributed by atoms with E-state index in [0.717, 1.165) is 28.5 Å². The van der Waals surface area contributed by atoms with Crippen LogP contribution in [0.5, 0.6) is 11.5 Å². The Kier molecular flexibility index (Phi) is 7.54. The third kappa shape index (κ3) is 4.93. The largest absolute Gasteiger partial charge is 0.497 e. The molecule has 1 fully saturated rings. The predicted molar refractivity (Wildman–Crippen MR) is 149 cm³/mol. The SMILES string of the molecule is CCc1cccc2c(C(CC(=O)N3CCN(c4ccccc4F)CC3)c3ccc(OC)cc3OC)c[nH]c12. The molecule has 1 amide bonds. The lowest BCUT2D eigenvalue weighted by Crippen LogP contribution is -2.49. The van der Waals surface area contributed by atoms with Crippen molar-refractivity contribution in [3.05, 3.63) is 89.4 Å². The number of aromatic nitrogens is 1. The zero-order valence-corrected chi connectivity index (χ0v) is 22.2. The smallest absolute Gasteiger partial charge is 0.223 e. The highest BCUT2D eigenvalue weighted by molar-refractivity contribution is 5.88. The third-order valence-corrected chi connectivity index (χ3v) is 7.61. The molecule has 1 N–H and O–H groups in total. The summed E-state index contributed by atoms with van der Waals surface area (Å²) in [7, 11) is 3.27. The summed E-state index contributed by atoms with van der Waals surface area (Å²) in [5, 5.41) is 1.12. The Balaban J connectivity index is 1.44. The molecule has 0 aliphatic carbocycles. The fourth-order valence-corrected chi connectivity index (χ4v) is 5.52. The number of amides is 1. The second-order valence-corrected chi connectivity index (χ2v) is 9.62. The summed E-state index contributed by atoms with van der Waals surface area (Å²) >= 11 is 0. The van der Waals surface area contributed by atoms with Crippen molar-refractivity contribution in [2.75, 3.05) is 45.3 Å². The van der Waals surface area contributed by atoms with Crippen molar-refractivity contribution < 1.29 is 18.7 Å². The molecule has 2 heterocycles. The van der Waals surface area contributed by atoms with Gasteiger partial charge < -0.3 is 24.3 Å². The van der Waals surface area contributed by atoms with Gasteiger partial charge >= 0.3 is 0 Å². The Labute approximate surface area is 223 Å². The van der Waals surface area contributed by atoms with Crippen LogP contribution >= 0.6 is 0 Å². The molecule has 38 heavy (non-hydrogen) atoms. The summed E-state index contributed by atoms with van der Waals surface area (Å²) in [5.41, 5.74) is 4.94. The van der Waals surface area contributed by atoms with Crippen molar-refractivity contribution in [2.45, 2.75) is 25.7 Å². The number of carbonyl (C=O) groups excluding carboxylic acids is 1. The maximum absolute atomic E-state index is 14.3. The van der Waals surface area contributed by atoms with Crippen LogP contribution in [0.1, 0.15) is 36.0 Å². The quantitative estimate of drug-likeness (QED) is 0.324. The highest BCUT2D eigenvalue weighted by Gasteiger charge is 2.29. The summed E-state index contributed by atoms with van der Waals surface area (Å²) in [4.78, 5) is 21.1. The van der Waals surface area contributed by atoms with E-state index < -0.39 is 0 Å². The number of ether oxygens (including phenoxy) is 2.